The van der Waals surface area contributed by atoms with Gasteiger partial charge in [0, 0.05) is 0 Å². The van der Waals surface area contributed by atoms with Gasteiger partial charge < -0.3 is 0 Å². The number of ether oxygens (including phenoxy) is 1. The molecule has 0 rings (SSSR count). The number of methoxy groups -OCH3 is 1. The van der Waals surface area contributed by atoms with E-state index < -0.39 is 0 Å². The van der Waals surface area contributed by atoms with Gasteiger partial charge in [0.15, 0.2) is 0 Å². The van der Waals surface area contributed by atoms with Crippen molar-refractivity contribution in [2.75, 3.05) is 7.11 Å². The predicted molar refractivity (Wildman–Crippen MR) is 51.5 cm³/mol. The zero-order chi connectivity index (χ0) is 9.78. The van der Waals surface area contributed by atoms with Crippen LogP contribution in [0.5, 0.6) is 0 Å². The van der Waals surface area contributed by atoms with Gasteiger partial charge in [0.1, 0.15) is 0 Å². The molecule has 1 atom stereocenters. The molecule has 0 aliphatic rings. The summed E-state index contributed by atoms with van der Waals surface area (Å²) >= 11 is -0.0298. The van der Waals surface area contributed by atoms with Crippen LogP contribution in [-0.4, -0.2) is 28.5 Å². The van der Waals surface area contributed by atoms with Crippen molar-refractivity contribution in [2.24, 2.45) is 5.92 Å². The standard InChI is InChI=1S/C9H18GeO2/c1-7(8(11)12-5)6-10-9(2,3)4/h7H,6H2,1-5H3/t7-/m0/s1. The molecule has 12 heavy (non-hydrogen) atoms. The van der Waals surface area contributed by atoms with Crippen molar-refractivity contribution in [3.05, 3.63) is 0 Å². The summed E-state index contributed by atoms with van der Waals surface area (Å²) in [5.74, 6) is 0.0252. The van der Waals surface area contributed by atoms with Crippen molar-refractivity contribution in [3.63, 3.8) is 0 Å². The van der Waals surface area contributed by atoms with Crippen molar-refractivity contribution in [3.8, 4) is 0 Å². The van der Waals surface area contributed by atoms with E-state index in [1.807, 2.05) is 6.92 Å². The van der Waals surface area contributed by atoms with Crippen molar-refractivity contribution in [1.82, 2.24) is 0 Å². The third kappa shape index (κ3) is 5.64. The van der Waals surface area contributed by atoms with E-state index in [-0.39, 0.29) is 27.3 Å². The molecule has 0 saturated heterocycles. The van der Waals surface area contributed by atoms with E-state index in [1.54, 1.807) is 0 Å². The third-order valence-electron chi connectivity index (χ3n) is 1.54. The Balaban J connectivity index is 3.72. The van der Waals surface area contributed by atoms with Crippen molar-refractivity contribution < 1.29 is 9.53 Å². The second kappa shape index (κ2) is 4.90. The Morgan fingerprint density at radius 3 is 2.33 bits per heavy atom. The van der Waals surface area contributed by atoms with Gasteiger partial charge in [-0.3, -0.25) is 0 Å². The molecule has 0 fully saturated rings. The average Bonchev–Trinajstić information content (AvgIpc) is 1.97. The van der Waals surface area contributed by atoms with Crippen LogP contribution in [-0.2, 0) is 9.53 Å². The van der Waals surface area contributed by atoms with Crippen molar-refractivity contribution >= 4 is 21.4 Å². The monoisotopic (exact) mass is 232 g/mol. The third-order valence-corrected chi connectivity index (χ3v) is 5.48. The number of hydrogen-bond acceptors (Lipinski definition) is 2. The Kier molecular flexibility index (Phi) is 4.90. The Labute approximate surface area is 81.5 Å². The van der Waals surface area contributed by atoms with Crippen LogP contribution >= 0.6 is 0 Å². The van der Waals surface area contributed by atoms with Crippen LogP contribution in [0.3, 0.4) is 0 Å². The van der Waals surface area contributed by atoms with Gasteiger partial charge in [-0.15, -0.1) is 0 Å². The number of hydrogen-bond donors (Lipinski definition) is 0. The van der Waals surface area contributed by atoms with Crippen LogP contribution in [0, 0.1) is 5.92 Å². The van der Waals surface area contributed by atoms with E-state index in [0.717, 1.165) is 5.25 Å². The first-order valence-electron chi connectivity index (χ1n) is 4.19. The van der Waals surface area contributed by atoms with Crippen LogP contribution in [0.4, 0.5) is 0 Å². The molecule has 0 unspecified atom stereocenters. The second-order valence-electron chi connectivity index (χ2n) is 4.06. The van der Waals surface area contributed by atoms with Gasteiger partial charge in [0.25, 0.3) is 0 Å². The molecule has 0 aliphatic carbocycles. The van der Waals surface area contributed by atoms with Crippen molar-refractivity contribution in [1.29, 1.82) is 0 Å². The minimum absolute atomic E-state index is 0.0298. The fraction of sp³-hybridized carbons (Fsp3) is 0.889. The normalized spacial score (nSPS) is 14.1. The Bertz CT molecular complexity index is 149. The van der Waals surface area contributed by atoms with Gasteiger partial charge in [-0.25, -0.2) is 0 Å². The summed E-state index contributed by atoms with van der Waals surface area (Å²) in [5, 5.41) is 1.04. The zero-order valence-electron chi connectivity index (χ0n) is 8.60. The number of esters is 1. The van der Waals surface area contributed by atoms with E-state index in [9.17, 15) is 4.79 Å². The Morgan fingerprint density at radius 2 is 2.00 bits per heavy atom. The molecule has 2 nitrogen and oxygen atoms in total. The molecule has 0 aromatic rings. The average molecular weight is 231 g/mol. The zero-order valence-corrected chi connectivity index (χ0v) is 10.7. The molecule has 0 bridgehead atoms. The molecule has 0 N–H and O–H groups in total. The Morgan fingerprint density at radius 1 is 1.50 bits per heavy atom. The second-order valence-corrected chi connectivity index (χ2v) is 8.80. The first-order chi connectivity index (χ1) is 5.37. The topological polar surface area (TPSA) is 26.3 Å². The molecule has 3 heteroatoms. The van der Waals surface area contributed by atoms with Crippen LogP contribution in [0.25, 0.3) is 0 Å². The summed E-state index contributed by atoms with van der Waals surface area (Å²) in [6, 6.07) is 0. The first kappa shape index (κ1) is 12.0. The van der Waals surface area contributed by atoms with E-state index in [1.165, 1.54) is 7.11 Å². The van der Waals surface area contributed by atoms with Crippen LogP contribution < -0.4 is 0 Å². The number of carbonyl (C=O) groups excluding carboxylic acids is 1. The minimum atomic E-state index is -0.0667. The van der Waals surface area contributed by atoms with Gasteiger partial charge in [-0.2, -0.15) is 0 Å². The summed E-state index contributed by atoms with van der Waals surface area (Å²) < 4.78 is 5.09. The van der Waals surface area contributed by atoms with Gasteiger partial charge in [-0.1, -0.05) is 0 Å². The summed E-state index contributed by atoms with van der Waals surface area (Å²) in [4.78, 5) is 11.0. The number of carbonyl (C=O) groups is 1. The summed E-state index contributed by atoms with van der Waals surface area (Å²) in [6.45, 7) is 8.64. The van der Waals surface area contributed by atoms with Gasteiger partial charge in [0.05, 0.1) is 0 Å². The molecular formula is C9H18GeO2. The fourth-order valence-corrected chi connectivity index (χ4v) is 3.02. The van der Waals surface area contributed by atoms with Crippen molar-refractivity contribution in [2.45, 2.75) is 37.2 Å². The molecule has 70 valence electrons. The number of rotatable bonds is 3. The predicted octanol–water partition coefficient (Wildman–Crippen LogP) is 2.14. The SMILES string of the molecule is COC(=O)[C@@H](C)[CH2][Ge][C](C)(C)C. The maximum absolute atomic E-state index is 11.0. The molecule has 2 radical (unpaired) electrons. The maximum atomic E-state index is 11.0. The molecule has 0 aliphatic heterocycles. The van der Waals surface area contributed by atoms with Gasteiger partial charge in [0.2, 0.25) is 0 Å². The summed E-state index contributed by atoms with van der Waals surface area (Å²) in [6.07, 6.45) is 0. The van der Waals surface area contributed by atoms with Gasteiger partial charge >= 0.3 is 81.2 Å². The molecule has 0 heterocycles. The molecule has 0 saturated carbocycles. The molecule has 0 spiro atoms. The van der Waals surface area contributed by atoms with E-state index >= 15 is 0 Å². The quantitative estimate of drug-likeness (QED) is 0.549. The fourth-order valence-electron chi connectivity index (χ4n) is 0.744. The van der Waals surface area contributed by atoms with E-state index in [2.05, 4.69) is 25.5 Å². The van der Waals surface area contributed by atoms with Gasteiger partial charge in [-0.05, 0) is 0 Å². The van der Waals surface area contributed by atoms with E-state index in [0.29, 0.717) is 4.25 Å². The Hall–Kier alpha value is 0.0129. The first-order valence-corrected chi connectivity index (χ1v) is 6.73. The molecular weight excluding hydrogens is 213 g/mol. The van der Waals surface area contributed by atoms with Crippen LogP contribution in [0.2, 0.25) is 9.50 Å². The summed E-state index contributed by atoms with van der Waals surface area (Å²) in [5.41, 5.74) is 0. The van der Waals surface area contributed by atoms with E-state index in [4.69, 9.17) is 0 Å². The van der Waals surface area contributed by atoms with Crippen LogP contribution in [0.15, 0.2) is 0 Å². The molecule has 0 aromatic carbocycles. The van der Waals surface area contributed by atoms with Crippen LogP contribution in [0.1, 0.15) is 27.7 Å². The molecule has 0 amide bonds. The molecule has 0 aromatic heterocycles. The summed E-state index contributed by atoms with van der Waals surface area (Å²) in [7, 11) is 1.45.